The van der Waals surface area contributed by atoms with Crippen molar-refractivity contribution in [1.29, 1.82) is 0 Å². The minimum Gasteiger partial charge on any atom is -0.355 e. The Kier molecular flexibility index (Phi) is 7.70. The predicted octanol–water partition coefficient (Wildman–Crippen LogP) is 3.93. The average Bonchev–Trinajstić information content (AvgIpc) is 2.59. The van der Waals surface area contributed by atoms with Crippen LogP contribution in [0.2, 0.25) is 5.02 Å². The van der Waals surface area contributed by atoms with Gasteiger partial charge in [-0.2, -0.15) is 0 Å². The summed E-state index contributed by atoms with van der Waals surface area (Å²) in [7, 11) is -3.58. The molecule has 2 aromatic carbocycles. The molecule has 0 spiro atoms. The van der Waals surface area contributed by atoms with Crippen LogP contribution in [0, 0.1) is 6.92 Å². The molecule has 0 heterocycles. The van der Waals surface area contributed by atoms with Crippen LogP contribution in [0.1, 0.15) is 17.5 Å². The van der Waals surface area contributed by atoms with Gasteiger partial charge in [-0.3, -0.25) is 9.10 Å². The lowest BCUT2D eigenvalue weighted by molar-refractivity contribution is -0.119. The minimum absolute atomic E-state index is 0.258. The number of aryl methyl sites for hydroxylation is 2. The highest BCUT2D eigenvalue weighted by Gasteiger charge is 2.21. The molecule has 0 bridgehead atoms. The molecule has 0 unspecified atom stereocenters. The molecule has 1 amide bonds. The van der Waals surface area contributed by atoms with Crippen LogP contribution in [0.25, 0.3) is 0 Å². The number of carbonyl (C=O) groups is 1. The lowest BCUT2D eigenvalue weighted by Gasteiger charge is -2.22. The number of halogens is 2. The molecular formula is C19H22BrClN2O3S. The highest BCUT2D eigenvalue weighted by atomic mass is 79.9. The molecule has 2 rings (SSSR count). The number of hydrogen-bond donors (Lipinski definition) is 1. The molecule has 0 radical (unpaired) electrons. The first-order valence-corrected chi connectivity index (χ1v) is 11.4. The van der Waals surface area contributed by atoms with Gasteiger partial charge < -0.3 is 5.32 Å². The van der Waals surface area contributed by atoms with Gasteiger partial charge in [0.15, 0.2) is 0 Å². The van der Waals surface area contributed by atoms with Crippen LogP contribution in [0.3, 0.4) is 0 Å². The average molecular weight is 474 g/mol. The summed E-state index contributed by atoms with van der Waals surface area (Å²) in [5, 5.41) is 3.48. The molecule has 0 fully saturated rings. The zero-order valence-corrected chi connectivity index (χ0v) is 18.4. The standard InChI is InChI=1S/C19H22BrClN2O3S/c1-14-12-16(9-10-17(14)20)23(27(2,25)26)13-19(24)22-11-5-7-15-6-3-4-8-18(15)21/h3-4,6,8-10,12H,5,7,11,13H2,1-2H3,(H,22,24). The fraction of sp³-hybridized carbons (Fsp3) is 0.316. The van der Waals surface area contributed by atoms with Gasteiger partial charge in [-0.05, 0) is 55.2 Å². The van der Waals surface area contributed by atoms with Crippen LogP contribution in [-0.4, -0.2) is 33.7 Å². The normalized spacial score (nSPS) is 11.3. The van der Waals surface area contributed by atoms with Crippen molar-refractivity contribution in [2.24, 2.45) is 0 Å². The van der Waals surface area contributed by atoms with Crippen molar-refractivity contribution < 1.29 is 13.2 Å². The number of rotatable bonds is 8. The SMILES string of the molecule is Cc1cc(N(CC(=O)NCCCc2ccccc2Cl)S(C)(=O)=O)ccc1Br. The highest BCUT2D eigenvalue weighted by molar-refractivity contribution is 9.10. The number of carbonyl (C=O) groups excluding carboxylic acids is 1. The number of nitrogens with zero attached hydrogens (tertiary/aromatic N) is 1. The zero-order valence-electron chi connectivity index (χ0n) is 15.2. The number of hydrogen-bond acceptors (Lipinski definition) is 3. The van der Waals surface area contributed by atoms with E-state index in [9.17, 15) is 13.2 Å². The summed E-state index contributed by atoms with van der Waals surface area (Å²) in [6.45, 7) is 2.05. The Balaban J connectivity index is 1.94. The molecule has 0 aromatic heterocycles. The molecule has 0 aliphatic carbocycles. The number of anilines is 1. The molecule has 1 N–H and O–H groups in total. The molecule has 27 heavy (non-hydrogen) atoms. The highest BCUT2D eigenvalue weighted by Crippen LogP contribution is 2.24. The summed E-state index contributed by atoms with van der Waals surface area (Å²) in [5.41, 5.74) is 2.38. The second-order valence-corrected chi connectivity index (χ2v) is 9.42. The maximum Gasteiger partial charge on any atom is 0.240 e. The lowest BCUT2D eigenvalue weighted by atomic mass is 10.1. The summed E-state index contributed by atoms with van der Waals surface area (Å²) >= 11 is 9.50. The Morgan fingerprint density at radius 3 is 2.56 bits per heavy atom. The van der Waals surface area contributed by atoms with Crippen molar-refractivity contribution in [2.75, 3.05) is 23.7 Å². The van der Waals surface area contributed by atoms with Crippen molar-refractivity contribution in [3.05, 3.63) is 63.1 Å². The van der Waals surface area contributed by atoms with Crippen molar-refractivity contribution in [3.63, 3.8) is 0 Å². The Morgan fingerprint density at radius 1 is 1.22 bits per heavy atom. The van der Waals surface area contributed by atoms with Crippen LogP contribution in [0.15, 0.2) is 46.9 Å². The van der Waals surface area contributed by atoms with Gasteiger partial charge in [0.25, 0.3) is 0 Å². The van der Waals surface area contributed by atoms with E-state index in [1.165, 1.54) is 0 Å². The molecule has 146 valence electrons. The zero-order chi connectivity index (χ0) is 20.0. The van der Waals surface area contributed by atoms with E-state index in [1.807, 2.05) is 31.2 Å². The summed E-state index contributed by atoms with van der Waals surface area (Å²) in [6.07, 6.45) is 2.54. The van der Waals surface area contributed by atoms with Gasteiger partial charge in [-0.25, -0.2) is 8.42 Å². The summed E-state index contributed by atoms with van der Waals surface area (Å²) < 4.78 is 26.3. The molecular weight excluding hydrogens is 452 g/mol. The van der Waals surface area contributed by atoms with Gasteiger partial charge in [0, 0.05) is 16.0 Å². The van der Waals surface area contributed by atoms with E-state index in [0.717, 1.165) is 32.6 Å². The quantitative estimate of drug-likeness (QED) is 0.591. The Hall–Kier alpha value is -1.57. The molecule has 0 saturated heterocycles. The van der Waals surface area contributed by atoms with E-state index in [4.69, 9.17) is 11.6 Å². The maximum atomic E-state index is 12.3. The maximum absolute atomic E-state index is 12.3. The first-order valence-electron chi connectivity index (χ1n) is 8.42. The fourth-order valence-electron chi connectivity index (χ4n) is 2.58. The van der Waals surface area contributed by atoms with Crippen molar-refractivity contribution >= 4 is 49.1 Å². The van der Waals surface area contributed by atoms with Crippen molar-refractivity contribution in [2.45, 2.75) is 19.8 Å². The second-order valence-electron chi connectivity index (χ2n) is 6.25. The Bertz CT molecular complexity index is 919. The van der Waals surface area contributed by atoms with Crippen LogP contribution >= 0.6 is 27.5 Å². The van der Waals surface area contributed by atoms with Gasteiger partial charge in [0.2, 0.25) is 15.9 Å². The largest absolute Gasteiger partial charge is 0.355 e. The fourth-order valence-corrected chi connectivity index (χ4v) is 3.90. The van der Waals surface area contributed by atoms with Gasteiger partial charge in [0.1, 0.15) is 6.54 Å². The third-order valence-corrected chi connectivity index (χ3v) is 6.42. The first kappa shape index (κ1) is 21.7. The first-order chi connectivity index (χ1) is 12.7. The van der Waals surface area contributed by atoms with E-state index in [2.05, 4.69) is 21.2 Å². The van der Waals surface area contributed by atoms with Crippen LogP contribution in [0.5, 0.6) is 0 Å². The molecule has 0 atom stereocenters. The van der Waals surface area contributed by atoms with Crippen molar-refractivity contribution in [1.82, 2.24) is 5.32 Å². The van der Waals surface area contributed by atoms with Crippen molar-refractivity contribution in [3.8, 4) is 0 Å². The number of benzene rings is 2. The Labute approximate surface area is 173 Å². The minimum atomic E-state index is -3.58. The number of sulfonamides is 1. The smallest absolute Gasteiger partial charge is 0.240 e. The van der Waals surface area contributed by atoms with Gasteiger partial charge in [-0.15, -0.1) is 0 Å². The van der Waals surface area contributed by atoms with E-state index >= 15 is 0 Å². The summed E-state index contributed by atoms with van der Waals surface area (Å²) in [6, 6.07) is 12.7. The van der Waals surface area contributed by atoms with Gasteiger partial charge in [-0.1, -0.05) is 45.7 Å². The van der Waals surface area contributed by atoms with E-state index in [-0.39, 0.29) is 12.5 Å². The van der Waals surface area contributed by atoms with E-state index in [1.54, 1.807) is 18.2 Å². The summed E-state index contributed by atoms with van der Waals surface area (Å²) in [5.74, 6) is -0.347. The molecule has 0 aliphatic rings. The molecule has 5 nitrogen and oxygen atoms in total. The Morgan fingerprint density at radius 2 is 1.93 bits per heavy atom. The third kappa shape index (κ3) is 6.52. The predicted molar refractivity (Wildman–Crippen MR) is 114 cm³/mol. The summed E-state index contributed by atoms with van der Waals surface area (Å²) in [4.78, 5) is 12.3. The van der Waals surface area contributed by atoms with E-state index in [0.29, 0.717) is 23.7 Å². The van der Waals surface area contributed by atoms with Crippen LogP contribution in [-0.2, 0) is 21.2 Å². The molecule has 2 aromatic rings. The van der Waals surface area contributed by atoms with Gasteiger partial charge in [0.05, 0.1) is 11.9 Å². The molecule has 0 aliphatic heterocycles. The van der Waals surface area contributed by atoms with Gasteiger partial charge >= 0.3 is 0 Å². The monoisotopic (exact) mass is 472 g/mol. The van der Waals surface area contributed by atoms with Crippen LogP contribution < -0.4 is 9.62 Å². The second kappa shape index (κ2) is 9.57. The third-order valence-electron chi connectivity index (χ3n) is 4.02. The number of nitrogens with one attached hydrogen (secondary N) is 1. The topological polar surface area (TPSA) is 66.5 Å². The lowest BCUT2D eigenvalue weighted by Crippen LogP contribution is -2.40. The molecule has 0 saturated carbocycles. The van der Waals surface area contributed by atoms with E-state index < -0.39 is 10.0 Å². The number of amides is 1. The van der Waals surface area contributed by atoms with Crippen LogP contribution in [0.4, 0.5) is 5.69 Å². The molecule has 8 heteroatoms.